The van der Waals surface area contributed by atoms with Gasteiger partial charge < -0.3 is 19.9 Å². The Labute approximate surface area is 200 Å². The van der Waals surface area contributed by atoms with Crippen molar-refractivity contribution in [2.24, 2.45) is 0 Å². The second-order valence-electron chi connectivity index (χ2n) is 7.62. The van der Waals surface area contributed by atoms with Crippen LogP contribution < -0.4 is 10.9 Å². The van der Waals surface area contributed by atoms with Gasteiger partial charge in [0, 0.05) is 16.0 Å². The lowest BCUT2D eigenvalue weighted by Crippen LogP contribution is -2.35. The molecule has 0 aliphatic carbocycles. The van der Waals surface area contributed by atoms with Crippen LogP contribution in [0.5, 0.6) is 0 Å². The summed E-state index contributed by atoms with van der Waals surface area (Å²) >= 11 is 7.34. The van der Waals surface area contributed by atoms with E-state index >= 15 is 0 Å². The van der Waals surface area contributed by atoms with Crippen LogP contribution >= 0.6 is 23.6 Å². The van der Waals surface area contributed by atoms with E-state index in [2.05, 4.69) is 10.3 Å². The van der Waals surface area contributed by atoms with Gasteiger partial charge in [-0.2, -0.15) is 0 Å². The van der Waals surface area contributed by atoms with Crippen LogP contribution in [-0.2, 0) is 17.8 Å². The van der Waals surface area contributed by atoms with Gasteiger partial charge in [0.25, 0.3) is 5.56 Å². The van der Waals surface area contributed by atoms with Gasteiger partial charge in [0.15, 0.2) is 5.11 Å². The number of ether oxygens (including phenoxy) is 1. The minimum Gasteiger partial charge on any atom is -0.465 e. The molecule has 0 fully saturated rings. The van der Waals surface area contributed by atoms with Gasteiger partial charge in [0.05, 0.1) is 31.5 Å². The molecule has 0 bridgehead atoms. The molecule has 0 amide bonds. The smallest absolute Gasteiger partial charge is 0.339 e. The third kappa shape index (κ3) is 5.30. The molecule has 4 aromatic rings. The Kier molecular flexibility index (Phi) is 6.86. The molecule has 2 heterocycles. The fourth-order valence-corrected chi connectivity index (χ4v) is 4.51. The maximum atomic E-state index is 12.8. The molecule has 0 aliphatic rings. The van der Waals surface area contributed by atoms with Crippen molar-refractivity contribution in [1.82, 2.24) is 9.88 Å². The lowest BCUT2D eigenvalue weighted by molar-refractivity contribution is 0.0602. The second-order valence-corrected chi connectivity index (χ2v) is 9.04. The highest BCUT2D eigenvalue weighted by Gasteiger charge is 2.18. The number of H-pyrrole nitrogens is 1. The number of carbonyl (C=O) groups excluding carboxylic acids is 1. The number of benzene rings is 2. The number of carbonyl (C=O) groups is 1. The normalized spacial score (nSPS) is 10.7. The van der Waals surface area contributed by atoms with Crippen LogP contribution in [-0.4, -0.2) is 28.1 Å². The van der Waals surface area contributed by atoms with Crippen LogP contribution in [0.25, 0.3) is 10.9 Å². The Morgan fingerprint density at radius 2 is 1.94 bits per heavy atom. The summed E-state index contributed by atoms with van der Waals surface area (Å²) < 4.78 is 4.89. The van der Waals surface area contributed by atoms with E-state index in [1.807, 2.05) is 59.7 Å². The maximum Gasteiger partial charge on any atom is 0.339 e. The Balaban J connectivity index is 1.65. The fraction of sp³-hybridized carbons (Fsp3) is 0.160. The summed E-state index contributed by atoms with van der Waals surface area (Å²) in [6, 6.07) is 18.9. The van der Waals surface area contributed by atoms with Gasteiger partial charge in [-0.15, -0.1) is 11.3 Å². The zero-order chi connectivity index (χ0) is 23.4. The number of aromatic nitrogens is 1. The second kappa shape index (κ2) is 9.97. The van der Waals surface area contributed by atoms with E-state index < -0.39 is 5.97 Å². The molecule has 0 aliphatic heterocycles. The van der Waals surface area contributed by atoms with E-state index in [9.17, 15) is 9.59 Å². The van der Waals surface area contributed by atoms with Crippen molar-refractivity contribution in [2.75, 3.05) is 12.4 Å². The molecule has 0 saturated heterocycles. The molecule has 2 N–H and O–H groups in total. The number of nitrogens with one attached hydrogen (secondary N) is 2. The number of thiophene rings is 1. The van der Waals surface area contributed by atoms with Crippen LogP contribution in [0.15, 0.2) is 70.8 Å². The van der Waals surface area contributed by atoms with Gasteiger partial charge in [-0.25, -0.2) is 4.79 Å². The van der Waals surface area contributed by atoms with Crippen molar-refractivity contribution >= 4 is 51.2 Å². The van der Waals surface area contributed by atoms with Crippen molar-refractivity contribution in [3.8, 4) is 0 Å². The van der Waals surface area contributed by atoms with Crippen LogP contribution in [0.2, 0.25) is 0 Å². The summed E-state index contributed by atoms with van der Waals surface area (Å²) in [5.74, 6) is -0.452. The molecule has 8 heteroatoms. The summed E-state index contributed by atoms with van der Waals surface area (Å²) in [4.78, 5) is 31.0. The van der Waals surface area contributed by atoms with E-state index in [0.717, 1.165) is 21.3 Å². The Morgan fingerprint density at radius 3 is 2.70 bits per heavy atom. The van der Waals surface area contributed by atoms with E-state index in [0.29, 0.717) is 35.0 Å². The first-order valence-electron chi connectivity index (χ1n) is 10.3. The lowest BCUT2D eigenvalue weighted by Gasteiger charge is -2.26. The average molecular weight is 478 g/mol. The predicted octanol–water partition coefficient (Wildman–Crippen LogP) is 5.08. The Bertz CT molecular complexity index is 1360. The van der Waals surface area contributed by atoms with E-state index in [1.165, 1.54) is 7.11 Å². The number of para-hydroxylation sites is 1. The summed E-state index contributed by atoms with van der Waals surface area (Å²) in [7, 11) is 1.34. The molecule has 168 valence electrons. The molecule has 2 aromatic heterocycles. The third-order valence-electron chi connectivity index (χ3n) is 5.23. The van der Waals surface area contributed by atoms with E-state index in [1.54, 1.807) is 29.5 Å². The first-order chi connectivity index (χ1) is 15.9. The largest absolute Gasteiger partial charge is 0.465 e. The number of pyridine rings is 1. The molecule has 6 nitrogen and oxygen atoms in total. The number of esters is 1. The summed E-state index contributed by atoms with van der Waals surface area (Å²) in [6.45, 7) is 2.82. The van der Waals surface area contributed by atoms with Crippen molar-refractivity contribution in [3.05, 3.63) is 98.0 Å². The van der Waals surface area contributed by atoms with Gasteiger partial charge >= 0.3 is 5.97 Å². The third-order valence-corrected chi connectivity index (χ3v) is 6.45. The number of rotatable bonds is 6. The molecular formula is C25H23N3O3S2. The van der Waals surface area contributed by atoms with Crippen LogP contribution in [0, 0.1) is 6.92 Å². The van der Waals surface area contributed by atoms with E-state index in [-0.39, 0.29) is 5.56 Å². The molecule has 0 spiro atoms. The number of hydrogen-bond donors (Lipinski definition) is 2. The zero-order valence-corrected chi connectivity index (χ0v) is 19.9. The van der Waals surface area contributed by atoms with Crippen molar-refractivity contribution in [1.29, 1.82) is 0 Å². The standard InChI is InChI=1S/C25H23N3O3S2/c1-16-9-10-17-13-18(23(29)26-22(17)12-16)14-28(15-19-6-5-11-33-19)25(32)27-21-8-4-3-7-20(21)24(30)31-2/h3-13H,14-15H2,1-2H3,(H,26,29)(H,27,32). The molecule has 33 heavy (non-hydrogen) atoms. The number of anilines is 1. The number of fused-ring (bicyclic) bond motifs is 1. The Morgan fingerprint density at radius 1 is 1.12 bits per heavy atom. The summed E-state index contributed by atoms with van der Waals surface area (Å²) in [5.41, 5.74) is 3.28. The lowest BCUT2D eigenvalue weighted by atomic mass is 10.1. The maximum absolute atomic E-state index is 12.8. The first kappa shape index (κ1) is 22.7. The minimum absolute atomic E-state index is 0.151. The summed E-state index contributed by atoms with van der Waals surface area (Å²) in [6.07, 6.45) is 0. The molecule has 0 saturated carbocycles. The summed E-state index contributed by atoms with van der Waals surface area (Å²) in [5, 5.41) is 6.54. The van der Waals surface area contributed by atoms with Gasteiger partial charge in [-0.3, -0.25) is 4.79 Å². The highest BCUT2D eigenvalue weighted by Crippen LogP contribution is 2.20. The van der Waals surface area contributed by atoms with Gasteiger partial charge in [-0.05, 0) is 65.8 Å². The van der Waals surface area contributed by atoms with Gasteiger partial charge in [0.2, 0.25) is 0 Å². The van der Waals surface area contributed by atoms with Crippen LogP contribution in [0.3, 0.4) is 0 Å². The molecule has 0 atom stereocenters. The molecule has 0 unspecified atom stereocenters. The Hall–Kier alpha value is -3.49. The van der Waals surface area contributed by atoms with Crippen molar-refractivity contribution < 1.29 is 9.53 Å². The average Bonchev–Trinajstić information content (AvgIpc) is 3.32. The number of aryl methyl sites for hydroxylation is 1. The molecule has 2 aromatic carbocycles. The molecule has 4 rings (SSSR count). The first-order valence-corrected chi connectivity index (χ1v) is 11.6. The van der Waals surface area contributed by atoms with Gasteiger partial charge in [-0.1, -0.05) is 30.3 Å². The van der Waals surface area contributed by atoms with Crippen LogP contribution in [0.4, 0.5) is 5.69 Å². The highest BCUT2D eigenvalue weighted by molar-refractivity contribution is 7.80. The monoisotopic (exact) mass is 477 g/mol. The minimum atomic E-state index is -0.452. The fourth-order valence-electron chi connectivity index (χ4n) is 3.55. The highest BCUT2D eigenvalue weighted by atomic mass is 32.1. The molecular weight excluding hydrogens is 454 g/mol. The van der Waals surface area contributed by atoms with Crippen molar-refractivity contribution in [2.45, 2.75) is 20.0 Å². The number of aromatic amines is 1. The quantitative estimate of drug-likeness (QED) is 0.298. The number of hydrogen-bond acceptors (Lipinski definition) is 5. The predicted molar refractivity (Wildman–Crippen MR) is 137 cm³/mol. The SMILES string of the molecule is COC(=O)c1ccccc1NC(=S)N(Cc1cccs1)Cc1cc2ccc(C)cc2[nH]c1=O. The van der Waals surface area contributed by atoms with Crippen molar-refractivity contribution in [3.63, 3.8) is 0 Å². The van der Waals surface area contributed by atoms with Gasteiger partial charge in [0.1, 0.15) is 0 Å². The molecule has 0 radical (unpaired) electrons. The van der Waals surface area contributed by atoms with E-state index in [4.69, 9.17) is 17.0 Å². The number of nitrogens with zero attached hydrogens (tertiary/aromatic N) is 1. The van der Waals surface area contributed by atoms with Crippen LogP contribution in [0.1, 0.15) is 26.4 Å². The number of thiocarbonyl (C=S) groups is 1. The zero-order valence-electron chi connectivity index (χ0n) is 18.3. The number of methoxy groups -OCH3 is 1. The topological polar surface area (TPSA) is 74.4 Å².